The Labute approximate surface area is 141 Å². The van der Waals surface area contributed by atoms with Crippen molar-refractivity contribution in [2.24, 2.45) is 5.73 Å². The summed E-state index contributed by atoms with van der Waals surface area (Å²) in [6.45, 7) is 0. The van der Waals surface area contributed by atoms with Crippen LogP contribution in [-0.4, -0.2) is 21.8 Å². The number of pyridine rings is 1. The SMILES string of the molecule is NC(=O)c1cnc(NC(=O)c2ncccc2Oc2ccccc2)s1. The highest BCUT2D eigenvalue weighted by Crippen LogP contribution is 2.25. The van der Waals surface area contributed by atoms with E-state index in [2.05, 4.69) is 15.3 Å². The number of ether oxygens (including phenoxy) is 1. The maximum atomic E-state index is 12.4. The zero-order valence-corrected chi connectivity index (χ0v) is 13.1. The number of hydrogen-bond donors (Lipinski definition) is 2. The Morgan fingerprint density at radius 3 is 2.58 bits per heavy atom. The maximum Gasteiger partial charge on any atom is 0.279 e. The van der Waals surface area contributed by atoms with E-state index in [-0.39, 0.29) is 15.7 Å². The minimum absolute atomic E-state index is 0.108. The van der Waals surface area contributed by atoms with Gasteiger partial charge in [0.05, 0.1) is 6.20 Å². The second-order valence-corrected chi connectivity index (χ2v) is 5.64. The van der Waals surface area contributed by atoms with E-state index in [9.17, 15) is 9.59 Å². The summed E-state index contributed by atoms with van der Waals surface area (Å²) in [6.07, 6.45) is 2.80. The van der Waals surface area contributed by atoms with Crippen LogP contribution in [0.25, 0.3) is 0 Å². The molecule has 24 heavy (non-hydrogen) atoms. The van der Waals surface area contributed by atoms with Crippen LogP contribution in [0.5, 0.6) is 11.5 Å². The Bertz CT molecular complexity index is 880. The van der Waals surface area contributed by atoms with Crippen molar-refractivity contribution in [3.8, 4) is 11.5 Å². The minimum Gasteiger partial charge on any atom is -0.455 e. The Morgan fingerprint density at radius 2 is 1.88 bits per heavy atom. The number of aromatic nitrogens is 2. The minimum atomic E-state index is -0.598. The van der Waals surface area contributed by atoms with Gasteiger partial charge >= 0.3 is 0 Å². The molecule has 3 N–H and O–H groups in total. The fourth-order valence-corrected chi connectivity index (χ4v) is 2.52. The van der Waals surface area contributed by atoms with Crippen molar-refractivity contribution >= 4 is 28.3 Å². The number of para-hydroxylation sites is 1. The molecule has 8 heteroatoms. The van der Waals surface area contributed by atoms with Gasteiger partial charge in [-0.05, 0) is 24.3 Å². The first-order valence-corrected chi connectivity index (χ1v) is 7.70. The highest BCUT2D eigenvalue weighted by Gasteiger charge is 2.17. The van der Waals surface area contributed by atoms with Crippen molar-refractivity contribution in [1.29, 1.82) is 0 Å². The zero-order valence-electron chi connectivity index (χ0n) is 12.3. The predicted octanol–water partition coefficient (Wildman–Crippen LogP) is 2.68. The smallest absolute Gasteiger partial charge is 0.279 e. The number of nitrogens with one attached hydrogen (secondary N) is 1. The van der Waals surface area contributed by atoms with Gasteiger partial charge in [-0.1, -0.05) is 29.5 Å². The van der Waals surface area contributed by atoms with Crippen LogP contribution in [0.3, 0.4) is 0 Å². The van der Waals surface area contributed by atoms with E-state index < -0.39 is 11.8 Å². The van der Waals surface area contributed by atoms with Crippen LogP contribution in [0, 0.1) is 0 Å². The number of rotatable bonds is 5. The molecule has 0 aliphatic heterocycles. The zero-order chi connectivity index (χ0) is 16.9. The van der Waals surface area contributed by atoms with Gasteiger partial charge in [-0.2, -0.15) is 0 Å². The maximum absolute atomic E-state index is 12.4. The molecule has 1 aromatic carbocycles. The monoisotopic (exact) mass is 340 g/mol. The Kier molecular flexibility index (Phi) is 4.48. The van der Waals surface area contributed by atoms with Gasteiger partial charge in [-0.15, -0.1) is 0 Å². The first kappa shape index (κ1) is 15.6. The summed E-state index contributed by atoms with van der Waals surface area (Å²) in [7, 11) is 0. The van der Waals surface area contributed by atoms with Crippen LogP contribution < -0.4 is 15.8 Å². The fourth-order valence-electron chi connectivity index (χ4n) is 1.86. The Hall–Kier alpha value is -3.26. The van der Waals surface area contributed by atoms with Crippen LogP contribution in [-0.2, 0) is 0 Å². The number of hydrogen-bond acceptors (Lipinski definition) is 6. The Balaban J connectivity index is 1.80. The molecular weight excluding hydrogens is 328 g/mol. The lowest BCUT2D eigenvalue weighted by atomic mass is 10.3. The third kappa shape index (κ3) is 3.55. The second kappa shape index (κ2) is 6.88. The highest BCUT2D eigenvalue weighted by atomic mass is 32.1. The number of carbonyl (C=O) groups is 2. The van der Waals surface area contributed by atoms with Crippen molar-refractivity contribution in [3.05, 3.63) is 65.4 Å². The lowest BCUT2D eigenvalue weighted by molar-refractivity contribution is 0.0999. The second-order valence-electron chi connectivity index (χ2n) is 4.61. The van der Waals surface area contributed by atoms with E-state index in [1.54, 1.807) is 24.3 Å². The average molecular weight is 340 g/mol. The summed E-state index contributed by atoms with van der Waals surface area (Å²) in [5, 5.41) is 2.83. The van der Waals surface area contributed by atoms with Crippen molar-refractivity contribution in [1.82, 2.24) is 9.97 Å². The Morgan fingerprint density at radius 1 is 1.08 bits per heavy atom. The quantitative estimate of drug-likeness (QED) is 0.742. The van der Waals surface area contributed by atoms with Gasteiger partial charge in [0.15, 0.2) is 16.6 Å². The number of carbonyl (C=O) groups excluding carboxylic acids is 2. The third-order valence-electron chi connectivity index (χ3n) is 2.93. The summed E-state index contributed by atoms with van der Waals surface area (Å²) in [4.78, 5) is 31.7. The van der Waals surface area contributed by atoms with Crippen LogP contribution >= 0.6 is 11.3 Å². The average Bonchev–Trinajstić information content (AvgIpc) is 3.05. The number of thiazole rings is 1. The van der Waals surface area contributed by atoms with Gasteiger partial charge in [-0.3, -0.25) is 14.9 Å². The van der Waals surface area contributed by atoms with Crippen LogP contribution in [0.2, 0.25) is 0 Å². The summed E-state index contributed by atoms with van der Waals surface area (Å²) >= 11 is 0.988. The van der Waals surface area contributed by atoms with Gasteiger partial charge in [0.2, 0.25) is 0 Å². The van der Waals surface area contributed by atoms with Gasteiger partial charge in [0, 0.05) is 6.20 Å². The van der Waals surface area contributed by atoms with Crippen molar-refractivity contribution in [2.75, 3.05) is 5.32 Å². The molecule has 0 bridgehead atoms. The molecule has 0 unspecified atom stereocenters. The van der Waals surface area contributed by atoms with Gasteiger partial charge in [-0.25, -0.2) is 9.97 Å². The van der Waals surface area contributed by atoms with Crippen LogP contribution in [0.4, 0.5) is 5.13 Å². The summed E-state index contributed by atoms with van der Waals surface area (Å²) < 4.78 is 5.70. The van der Waals surface area contributed by atoms with E-state index in [0.29, 0.717) is 11.5 Å². The molecule has 3 rings (SSSR count). The molecule has 0 radical (unpaired) electrons. The predicted molar refractivity (Wildman–Crippen MR) is 89.3 cm³/mol. The van der Waals surface area contributed by atoms with E-state index in [1.165, 1.54) is 12.4 Å². The molecule has 0 fully saturated rings. The summed E-state index contributed by atoms with van der Waals surface area (Å²) in [5.41, 5.74) is 5.27. The first-order chi connectivity index (χ1) is 11.6. The molecule has 2 aromatic heterocycles. The molecule has 120 valence electrons. The number of anilines is 1. The molecule has 0 aliphatic rings. The lowest BCUT2D eigenvalue weighted by Crippen LogP contribution is -2.14. The van der Waals surface area contributed by atoms with Gasteiger partial charge in [0.25, 0.3) is 11.8 Å². The summed E-state index contributed by atoms with van der Waals surface area (Å²) in [5.74, 6) is -0.191. The van der Waals surface area contributed by atoms with Crippen LogP contribution in [0.1, 0.15) is 20.2 Å². The van der Waals surface area contributed by atoms with E-state index in [1.807, 2.05) is 18.2 Å². The van der Waals surface area contributed by atoms with E-state index in [4.69, 9.17) is 10.5 Å². The molecule has 0 spiro atoms. The highest BCUT2D eigenvalue weighted by molar-refractivity contribution is 7.17. The molecule has 2 heterocycles. The van der Waals surface area contributed by atoms with Crippen LogP contribution in [0.15, 0.2) is 54.9 Å². The van der Waals surface area contributed by atoms with E-state index in [0.717, 1.165) is 11.3 Å². The number of benzene rings is 1. The standard InChI is InChI=1S/C16H12N4O3S/c17-14(21)12-9-19-16(24-12)20-15(22)13-11(7-4-8-18-13)23-10-5-2-1-3-6-10/h1-9H,(H2,17,21)(H,19,20,22). The summed E-state index contributed by atoms with van der Waals surface area (Å²) in [6, 6.07) is 12.4. The number of nitrogens with zero attached hydrogens (tertiary/aromatic N) is 2. The molecule has 0 atom stereocenters. The topological polar surface area (TPSA) is 107 Å². The van der Waals surface area contributed by atoms with E-state index >= 15 is 0 Å². The normalized spacial score (nSPS) is 10.2. The fraction of sp³-hybridized carbons (Fsp3) is 0. The number of amides is 2. The van der Waals surface area contributed by atoms with Gasteiger partial charge in [0.1, 0.15) is 10.6 Å². The third-order valence-corrected chi connectivity index (χ3v) is 3.85. The first-order valence-electron chi connectivity index (χ1n) is 6.88. The molecule has 0 saturated carbocycles. The molecule has 0 aliphatic carbocycles. The number of nitrogens with two attached hydrogens (primary N) is 1. The van der Waals surface area contributed by atoms with Crippen molar-refractivity contribution < 1.29 is 14.3 Å². The molecule has 0 saturated heterocycles. The molecule has 2 amide bonds. The molecular formula is C16H12N4O3S. The molecule has 7 nitrogen and oxygen atoms in total. The lowest BCUT2D eigenvalue weighted by Gasteiger charge is -2.09. The molecule has 3 aromatic rings. The van der Waals surface area contributed by atoms with Crippen molar-refractivity contribution in [3.63, 3.8) is 0 Å². The van der Waals surface area contributed by atoms with Crippen molar-refractivity contribution in [2.45, 2.75) is 0 Å². The largest absolute Gasteiger partial charge is 0.455 e. The van der Waals surface area contributed by atoms with Gasteiger partial charge < -0.3 is 10.5 Å². The number of primary amides is 1.